The van der Waals surface area contributed by atoms with E-state index in [-0.39, 0.29) is 17.9 Å². The maximum atomic E-state index is 12.3. The van der Waals surface area contributed by atoms with Crippen LogP contribution in [0.4, 0.5) is 0 Å². The predicted octanol–water partition coefficient (Wildman–Crippen LogP) is 1.20. The molecule has 0 aromatic heterocycles. The molecule has 3 atom stereocenters. The van der Waals surface area contributed by atoms with Gasteiger partial charge in [-0.2, -0.15) is 0 Å². The minimum Gasteiger partial charge on any atom is -0.458 e. The molecule has 0 aromatic carbocycles. The first kappa shape index (κ1) is 14.3. The van der Waals surface area contributed by atoms with Crippen LogP contribution in [0.1, 0.15) is 52.9 Å². The lowest BCUT2D eigenvalue weighted by molar-refractivity contribution is -0.164. The van der Waals surface area contributed by atoms with E-state index < -0.39 is 17.7 Å². The van der Waals surface area contributed by atoms with Gasteiger partial charge < -0.3 is 15.4 Å². The Morgan fingerprint density at radius 1 is 1.26 bits per heavy atom. The molecule has 2 heterocycles. The second kappa shape index (κ2) is 5.12. The molecule has 0 aromatic rings. The van der Waals surface area contributed by atoms with Gasteiger partial charge in [-0.05, 0) is 52.9 Å². The van der Waals surface area contributed by atoms with Gasteiger partial charge >= 0.3 is 5.97 Å². The Balaban J connectivity index is 2.14. The number of carbonyl (C=O) groups is 2. The number of esters is 1. The van der Waals surface area contributed by atoms with E-state index in [1.165, 1.54) is 0 Å². The molecule has 108 valence electrons. The van der Waals surface area contributed by atoms with Gasteiger partial charge in [0.25, 0.3) is 0 Å². The van der Waals surface area contributed by atoms with Crippen LogP contribution in [-0.2, 0) is 14.3 Å². The minimum atomic E-state index is -0.522. The first-order valence-electron chi connectivity index (χ1n) is 7.10. The summed E-state index contributed by atoms with van der Waals surface area (Å²) in [6, 6.07) is -0.743. The largest absolute Gasteiger partial charge is 0.458 e. The van der Waals surface area contributed by atoms with Gasteiger partial charge in [-0.25, -0.2) is 4.79 Å². The van der Waals surface area contributed by atoms with E-state index in [2.05, 4.69) is 0 Å². The summed E-state index contributed by atoms with van der Waals surface area (Å²) in [5, 5.41) is 0. The van der Waals surface area contributed by atoms with E-state index in [9.17, 15) is 9.59 Å². The summed E-state index contributed by atoms with van der Waals surface area (Å²) in [6.07, 6.45) is 4.18. The second-order valence-corrected chi connectivity index (χ2v) is 6.56. The lowest BCUT2D eigenvalue weighted by atomic mass is 10.1. The molecule has 2 rings (SSSR count). The van der Waals surface area contributed by atoms with Crippen molar-refractivity contribution in [1.29, 1.82) is 0 Å². The van der Waals surface area contributed by atoms with Gasteiger partial charge in [0.15, 0.2) is 0 Å². The first-order valence-corrected chi connectivity index (χ1v) is 7.10. The summed E-state index contributed by atoms with van der Waals surface area (Å²) in [4.78, 5) is 26.2. The van der Waals surface area contributed by atoms with Crippen LogP contribution < -0.4 is 5.73 Å². The average Bonchev–Trinajstić information content (AvgIpc) is 2.64. The van der Waals surface area contributed by atoms with Gasteiger partial charge in [0.1, 0.15) is 11.6 Å². The molecule has 2 aliphatic rings. The number of nitrogens with zero attached hydrogens (tertiary/aromatic N) is 1. The van der Waals surface area contributed by atoms with Crippen LogP contribution >= 0.6 is 0 Å². The Hall–Kier alpha value is -1.10. The fourth-order valence-corrected chi connectivity index (χ4v) is 2.99. The van der Waals surface area contributed by atoms with Crippen LogP contribution in [0.5, 0.6) is 0 Å². The molecule has 0 saturated carbocycles. The highest BCUT2D eigenvalue weighted by atomic mass is 16.6. The van der Waals surface area contributed by atoms with E-state index in [4.69, 9.17) is 10.5 Å². The Morgan fingerprint density at radius 3 is 2.58 bits per heavy atom. The zero-order chi connectivity index (χ0) is 14.2. The van der Waals surface area contributed by atoms with Crippen molar-refractivity contribution in [3.8, 4) is 0 Å². The van der Waals surface area contributed by atoms with Crippen molar-refractivity contribution in [2.45, 2.75) is 76.6 Å². The van der Waals surface area contributed by atoms with Crippen LogP contribution in [0.15, 0.2) is 0 Å². The molecule has 0 radical (unpaired) electrons. The van der Waals surface area contributed by atoms with Crippen molar-refractivity contribution < 1.29 is 14.3 Å². The molecule has 1 amide bonds. The van der Waals surface area contributed by atoms with E-state index in [0.29, 0.717) is 12.8 Å². The molecule has 2 N–H and O–H groups in total. The smallest absolute Gasteiger partial charge is 0.329 e. The van der Waals surface area contributed by atoms with Crippen LogP contribution in [0.2, 0.25) is 0 Å². The molecule has 0 bridgehead atoms. The topological polar surface area (TPSA) is 72.6 Å². The van der Waals surface area contributed by atoms with Gasteiger partial charge in [0.05, 0.1) is 6.04 Å². The maximum Gasteiger partial charge on any atom is 0.329 e. The number of ether oxygens (including phenoxy) is 1. The normalized spacial score (nSPS) is 31.9. The third-order valence-electron chi connectivity index (χ3n) is 3.81. The van der Waals surface area contributed by atoms with Crippen LogP contribution in [0, 0.1) is 0 Å². The number of hydrogen-bond acceptors (Lipinski definition) is 4. The summed E-state index contributed by atoms with van der Waals surface area (Å²) < 4.78 is 5.42. The highest BCUT2D eigenvalue weighted by Crippen LogP contribution is 2.32. The van der Waals surface area contributed by atoms with Crippen molar-refractivity contribution in [2.24, 2.45) is 5.73 Å². The van der Waals surface area contributed by atoms with Crippen LogP contribution in [0.25, 0.3) is 0 Å². The fraction of sp³-hybridized carbons (Fsp3) is 0.857. The molecule has 5 nitrogen and oxygen atoms in total. The summed E-state index contributed by atoms with van der Waals surface area (Å²) in [5.41, 5.74) is 5.36. The Bertz CT molecular complexity index is 375. The van der Waals surface area contributed by atoms with Gasteiger partial charge in [-0.15, -0.1) is 0 Å². The number of rotatable bonds is 1. The number of hydrogen-bond donors (Lipinski definition) is 1. The van der Waals surface area contributed by atoms with E-state index in [1.807, 2.05) is 20.8 Å². The standard InChI is InChI=1S/C14H24N2O3/c1-14(2,3)19-13(18)11-8-7-9-5-4-6-10(15)12(17)16(9)11/h9-11H,4-8,15H2,1-3H3. The summed E-state index contributed by atoms with van der Waals surface area (Å²) in [7, 11) is 0. The van der Waals surface area contributed by atoms with Crippen LogP contribution in [-0.4, -0.2) is 40.5 Å². The molecule has 3 unspecified atom stereocenters. The molecule has 19 heavy (non-hydrogen) atoms. The minimum absolute atomic E-state index is 0.0872. The van der Waals surface area contributed by atoms with E-state index in [0.717, 1.165) is 19.3 Å². The van der Waals surface area contributed by atoms with Crippen molar-refractivity contribution in [2.75, 3.05) is 0 Å². The molecular formula is C14H24N2O3. The van der Waals surface area contributed by atoms with E-state index in [1.54, 1.807) is 4.90 Å². The number of carbonyl (C=O) groups excluding carboxylic acids is 2. The number of fused-ring (bicyclic) bond motifs is 1. The molecular weight excluding hydrogens is 244 g/mol. The SMILES string of the molecule is CC(C)(C)OC(=O)C1CCC2CCCC(N)C(=O)N21. The molecule has 0 spiro atoms. The van der Waals surface area contributed by atoms with Crippen molar-refractivity contribution in [1.82, 2.24) is 4.90 Å². The summed E-state index contributed by atoms with van der Waals surface area (Å²) in [5.74, 6) is -0.381. The molecule has 2 aliphatic heterocycles. The Labute approximate surface area is 114 Å². The summed E-state index contributed by atoms with van der Waals surface area (Å²) >= 11 is 0. The van der Waals surface area contributed by atoms with Crippen molar-refractivity contribution >= 4 is 11.9 Å². The highest BCUT2D eigenvalue weighted by Gasteiger charge is 2.44. The monoisotopic (exact) mass is 268 g/mol. The molecule has 2 saturated heterocycles. The van der Waals surface area contributed by atoms with E-state index >= 15 is 0 Å². The Kier molecular flexibility index (Phi) is 3.85. The number of amides is 1. The fourth-order valence-electron chi connectivity index (χ4n) is 2.99. The van der Waals surface area contributed by atoms with Gasteiger partial charge in [-0.1, -0.05) is 0 Å². The molecule has 5 heteroatoms. The third-order valence-corrected chi connectivity index (χ3v) is 3.81. The van der Waals surface area contributed by atoms with Gasteiger partial charge in [0.2, 0.25) is 5.91 Å². The lowest BCUT2D eigenvalue weighted by Gasteiger charge is -2.31. The number of nitrogens with two attached hydrogens (primary N) is 1. The van der Waals surface area contributed by atoms with Gasteiger partial charge in [-0.3, -0.25) is 4.79 Å². The van der Waals surface area contributed by atoms with Gasteiger partial charge in [0, 0.05) is 6.04 Å². The average molecular weight is 268 g/mol. The zero-order valence-electron chi connectivity index (χ0n) is 12.0. The third kappa shape index (κ3) is 3.08. The lowest BCUT2D eigenvalue weighted by Crippen LogP contribution is -2.51. The molecule has 0 aliphatic carbocycles. The van der Waals surface area contributed by atoms with Crippen molar-refractivity contribution in [3.05, 3.63) is 0 Å². The first-order chi connectivity index (χ1) is 8.79. The Morgan fingerprint density at radius 2 is 1.95 bits per heavy atom. The predicted molar refractivity (Wildman–Crippen MR) is 71.3 cm³/mol. The molecule has 2 fully saturated rings. The highest BCUT2D eigenvalue weighted by molar-refractivity contribution is 5.88. The quantitative estimate of drug-likeness (QED) is 0.725. The van der Waals surface area contributed by atoms with Crippen LogP contribution in [0.3, 0.4) is 0 Å². The van der Waals surface area contributed by atoms with Crippen molar-refractivity contribution in [3.63, 3.8) is 0 Å². The zero-order valence-corrected chi connectivity index (χ0v) is 12.0. The summed E-state index contributed by atoms with van der Waals surface area (Å²) in [6.45, 7) is 5.52. The second-order valence-electron chi connectivity index (χ2n) is 6.56. The maximum absolute atomic E-state index is 12.3.